The molecule has 1 N–H and O–H groups in total. The Hall–Kier alpha value is -1.31. The maximum atomic E-state index is 12.3. The number of amides is 1. The second kappa shape index (κ2) is 5.59. The maximum Gasteiger partial charge on any atom is 0.224 e. The second-order valence-corrected chi connectivity index (χ2v) is 6.58. The van der Waals surface area contributed by atoms with E-state index in [4.69, 9.17) is 0 Å². The molecule has 2 fully saturated rings. The lowest BCUT2D eigenvalue weighted by atomic mass is 9.93. The highest BCUT2D eigenvalue weighted by Gasteiger charge is 2.33. The Labute approximate surface area is 122 Å². The predicted octanol–water partition coefficient (Wildman–Crippen LogP) is 3.95. The summed E-state index contributed by atoms with van der Waals surface area (Å²) in [5.41, 5.74) is 2.66. The largest absolute Gasteiger partial charge is 0.350 e. The fraction of sp³-hybridized carbons (Fsp3) is 0.611. The van der Waals surface area contributed by atoms with Gasteiger partial charge in [0.15, 0.2) is 0 Å². The minimum Gasteiger partial charge on any atom is -0.350 e. The molecular formula is C18H25NO. The molecule has 0 aromatic heterocycles. The molecule has 1 aromatic carbocycles. The first-order valence-electron chi connectivity index (χ1n) is 8.11. The number of carbonyl (C=O) groups excluding carboxylic acids is 1. The van der Waals surface area contributed by atoms with E-state index >= 15 is 0 Å². The highest BCUT2D eigenvalue weighted by Crippen LogP contribution is 2.39. The molecule has 20 heavy (non-hydrogen) atoms. The fourth-order valence-corrected chi connectivity index (χ4v) is 3.47. The first-order valence-corrected chi connectivity index (χ1v) is 8.11. The molecule has 2 nitrogen and oxygen atoms in total. The zero-order chi connectivity index (χ0) is 14.0. The summed E-state index contributed by atoms with van der Waals surface area (Å²) in [6.07, 6.45) is 9.05. The monoisotopic (exact) mass is 271 g/mol. The number of hydrogen-bond acceptors (Lipinski definition) is 1. The van der Waals surface area contributed by atoms with Crippen molar-refractivity contribution in [2.45, 2.75) is 69.7 Å². The quantitative estimate of drug-likeness (QED) is 0.863. The molecule has 0 saturated heterocycles. The third-order valence-electron chi connectivity index (χ3n) is 5.04. The van der Waals surface area contributed by atoms with E-state index in [9.17, 15) is 4.79 Å². The number of hydrogen-bond donors (Lipinski definition) is 1. The van der Waals surface area contributed by atoms with Crippen LogP contribution in [0.5, 0.6) is 0 Å². The number of nitrogens with one attached hydrogen (secondary N) is 1. The molecule has 0 spiro atoms. The lowest BCUT2D eigenvalue weighted by molar-refractivity contribution is -0.122. The van der Waals surface area contributed by atoms with Crippen molar-refractivity contribution in [1.29, 1.82) is 0 Å². The molecule has 2 heteroatoms. The molecule has 0 heterocycles. The van der Waals surface area contributed by atoms with Gasteiger partial charge in [0.05, 0.1) is 6.42 Å². The molecule has 0 unspecified atom stereocenters. The summed E-state index contributed by atoms with van der Waals surface area (Å²) in [5.74, 6) is 0.979. The average molecular weight is 271 g/mol. The average Bonchev–Trinajstić information content (AvgIpc) is 3.20. The van der Waals surface area contributed by atoms with Crippen molar-refractivity contribution < 1.29 is 4.79 Å². The van der Waals surface area contributed by atoms with E-state index < -0.39 is 0 Å². The van der Waals surface area contributed by atoms with Crippen molar-refractivity contribution in [3.63, 3.8) is 0 Å². The smallest absolute Gasteiger partial charge is 0.224 e. The van der Waals surface area contributed by atoms with Crippen LogP contribution in [0.25, 0.3) is 0 Å². The minimum atomic E-state index is 0.0883. The van der Waals surface area contributed by atoms with Crippen LogP contribution in [0.4, 0.5) is 0 Å². The molecule has 0 radical (unpaired) electrons. The molecule has 1 aromatic rings. The summed E-state index contributed by atoms with van der Waals surface area (Å²) in [7, 11) is 0. The van der Waals surface area contributed by atoms with Crippen molar-refractivity contribution >= 4 is 5.91 Å². The van der Waals surface area contributed by atoms with Crippen LogP contribution >= 0.6 is 0 Å². The van der Waals surface area contributed by atoms with Crippen LogP contribution in [-0.2, 0) is 11.2 Å². The van der Waals surface area contributed by atoms with E-state index in [-0.39, 0.29) is 11.4 Å². The van der Waals surface area contributed by atoms with Gasteiger partial charge >= 0.3 is 0 Å². The van der Waals surface area contributed by atoms with Crippen molar-refractivity contribution in [3.8, 4) is 0 Å². The van der Waals surface area contributed by atoms with Gasteiger partial charge in [-0.25, -0.2) is 0 Å². The Bertz CT molecular complexity index is 467. The molecule has 108 valence electrons. The maximum absolute atomic E-state index is 12.3. The van der Waals surface area contributed by atoms with Crippen LogP contribution in [0.1, 0.15) is 68.9 Å². The standard InChI is InChI=1S/C18H25NO/c1-2-18(11-3-4-12-18)19-17(20)13-14-5-7-15(8-6-14)16-9-10-16/h5-8,16H,2-4,9-13H2,1H3,(H,19,20). The Morgan fingerprint density at radius 2 is 1.85 bits per heavy atom. The molecule has 0 bridgehead atoms. The summed E-state index contributed by atoms with van der Waals surface area (Å²) in [6.45, 7) is 2.19. The van der Waals surface area contributed by atoms with Gasteiger partial charge in [0.25, 0.3) is 0 Å². The second-order valence-electron chi connectivity index (χ2n) is 6.58. The van der Waals surface area contributed by atoms with Gasteiger partial charge in [-0.2, -0.15) is 0 Å². The van der Waals surface area contributed by atoms with Crippen LogP contribution in [0.2, 0.25) is 0 Å². The van der Waals surface area contributed by atoms with E-state index in [1.165, 1.54) is 31.2 Å². The lowest BCUT2D eigenvalue weighted by Crippen LogP contribution is -2.46. The molecular weight excluding hydrogens is 246 g/mol. The van der Waals surface area contributed by atoms with E-state index in [1.54, 1.807) is 0 Å². The van der Waals surface area contributed by atoms with Crippen LogP contribution in [-0.4, -0.2) is 11.4 Å². The topological polar surface area (TPSA) is 29.1 Å². The lowest BCUT2D eigenvalue weighted by Gasteiger charge is -2.29. The summed E-state index contributed by atoms with van der Waals surface area (Å²) >= 11 is 0. The van der Waals surface area contributed by atoms with E-state index in [1.807, 2.05) is 0 Å². The van der Waals surface area contributed by atoms with E-state index in [0.717, 1.165) is 30.7 Å². The number of benzene rings is 1. The van der Waals surface area contributed by atoms with Crippen molar-refractivity contribution in [3.05, 3.63) is 35.4 Å². The van der Waals surface area contributed by atoms with Crippen molar-refractivity contribution in [2.75, 3.05) is 0 Å². The van der Waals surface area contributed by atoms with Gasteiger partial charge in [-0.15, -0.1) is 0 Å². The highest BCUT2D eigenvalue weighted by atomic mass is 16.1. The zero-order valence-electron chi connectivity index (χ0n) is 12.5. The van der Waals surface area contributed by atoms with Gasteiger partial charge in [-0.3, -0.25) is 4.79 Å². The van der Waals surface area contributed by atoms with Crippen LogP contribution in [0.15, 0.2) is 24.3 Å². The van der Waals surface area contributed by atoms with Gasteiger partial charge in [0.2, 0.25) is 5.91 Å². The van der Waals surface area contributed by atoms with Gasteiger partial charge in [0, 0.05) is 5.54 Å². The molecule has 2 saturated carbocycles. The molecule has 1 amide bonds. The first-order chi connectivity index (χ1) is 9.71. The summed E-state index contributed by atoms with van der Waals surface area (Å²) < 4.78 is 0. The molecule has 0 atom stereocenters. The third kappa shape index (κ3) is 3.05. The van der Waals surface area contributed by atoms with Gasteiger partial charge in [-0.1, -0.05) is 44.0 Å². The highest BCUT2D eigenvalue weighted by molar-refractivity contribution is 5.79. The third-order valence-corrected chi connectivity index (χ3v) is 5.04. The van der Waals surface area contributed by atoms with Gasteiger partial charge < -0.3 is 5.32 Å². The zero-order valence-corrected chi connectivity index (χ0v) is 12.5. The number of carbonyl (C=O) groups is 1. The predicted molar refractivity (Wildman–Crippen MR) is 81.8 cm³/mol. The molecule has 2 aliphatic rings. The summed E-state index contributed by atoms with van der Waals surface area (Å²) in [4.78, 5) is 12.3. The van der Waals surface area contributed by atoms with Crippen molar-refractivity contribution in [1.82, 2.24) is 5.32 Å². The Morgan fingerprint density at radius 3 is 2.40 bits per heavy atom. The summed E-state index contributed by atoms with van der Waals surface area (Å²) in [6, 6.07) is 8.65. The van der Waals surface area contributed by atoms with Crippen molar-refractivity contribution in [2.24, 2.45) is 0 Å². The Balaban J connectivity index is 1.57. The van der Waals surface area contributed by atoms with Crippen LogP contribution in [0, 0.1) is 0 Å². The van der Waals surface area contributed by atoms with E-state index in [0.29, 0.717) is 6.42 Å². The Kier molecular flexibility index (Phi) is 3.82. The normalized spacial score (nSPS) is 20.9. The molecule has 2 aliphatic carbocycles. The summed E-state index contributed by atoms with van der Waals surface area (Å²) in [5, 5.41) is 3.30. The van der Waals surface area contributed by atoms with Crippen LogP contribution in [0.3, 0.4) is 0 Å². The van der Waals surface area contributed by atoms with E-state index in [2.05, 4.69) is 36.5 Å². The van der Waals surface area contributed by atoms with Gasteiger partial charge in [-0.05, 0) is 49.1 Å². The first kappa shape index (κ1) is 13.7. The Morgan fingerprint density at radius 1 is 1.20 bits per heavy atom. The SMILES string of the molecule is CCC1(NC(=O)Cc2ccc(C3CC3)cc2)CCCC1. The number of rotatable bonds is 5. The van der Waals surface area contributed by atoms with Gasteiger partial charge in [0.1, 0.15) is 0 Å². The fourth-order valence-electron chi connectivity index (χ4n) is 3.47. The molecule has 0 aliphatic heterocycles. The van der Waals surface area contributed by atoms with Crippen LogP contribution < -0.4 is 5.32 Å². The molecule has 3 rings (SSSR count). The minimum absolute atomic E-state index is 0.0883.